The summed E-state index contributed by atoms with van der Waals surface area (Å²) in [5.74, 6) is 0. The van der Waals surface area contributed by atoms with Crippen molar-refractivity contribution < 1.29 is 0 Å². The highest BCUT2D eigenvalue weighted by molar-refractivity contribution is 6.31. The summed E-state index contributed by atoms with van der Waals surface area (Å²) in [6.07, 6.45) is 0.822. The largest absolute Gasteiger partial charge is 0.324 e. The minimum atomic E-state index is -0.0215. The fourth-order valence-electron chi connectivity index (χ4n) is 2.72. The Morgan fingerprint density at radius 3 is 2.57 bits per heavy atom. The molecule has 3 aromatic rings. The van der Waals surface area contributed by atoms with Crippen molar-refractivity contribution >= 4 is 22.4 Å². The van der Waals surface area contributed by atoms with Crippen LogP contribution >= 0.6 is 11.6 Å². The van der Waals surface area contributed by atoms with E-state index in [-0.39, 0.29) is 6.04 Å². The molecule has 3 aromatic carbocycles. The molecule has 21 heavy (non-hydrogen) atoms. The van der Waals surface area contributed by atoms with Crippen molar-refractivity contribution in [3.05, 3.63) is 82.4 Å². The molecule has 2 N–H and O–H groups in total. The van der Waals surface area contributed by atoms with Crippen molar-refractivity contribution in [3.8, 4) is 0 Å². The van der Waals surface area contributed by atoms with Gasteiger partial charge in [-0.3, -0.25) is 0 Å². The molecule has 3 rings (SSSR count). The number of rotatable bonds is 3. The van der Waals surface area contributed by atoms with Crippen molar-refractivity contribution in [2.45, 2.75) is 19.4 Å². The van der Waals surface area contributed by atoms with Gasteiger partial charge in [-0.05, 0) is 46.9 Å². The van der Waals surface area contributed by atoms with Gasteiger partial charge >= 0.3 is 0 Å². The molecule has 0 saturated carbocycles. The van der Waals surface area contributed by atoms with E-state index in [4.69, 9.17) is 17.3 Å². The predicted octanol–water partition coefficient (Wildman–Crippen LogP) is 5.04. The summed E-state index contributed by atoms with van der Waals surface area (Å²) >= 11 is 6.08. The summed E-state index contributed by atoms with van der Waals surface area (Å²) in [7, 11) is 0. The number of nitrogens with two attached hydrogens (primary N) is 1. The van der Waals surface area contributed by atoms with Crippen molar-refractivity contribution in [1.29, 1.82) is 0 Å². The Balaban J connectivity index is 1.92. The second-order valence-electron chi connectivity index (χ2n) is 5.46. The van der Waals surface area contributed by atoms with E-state index >= 15 is 0 Å². The number of halogens is 1. The molecule has 0 heterocycles. The summed E-state index contributed by atoms with van der Waals surface area (Å²) in [6, 6.07) is 20.8. The van der Waals surface area contributed by atoms with E-state index in [2.05, 4.69) is 48.5 Å². The monoisotopic (exact) mass is 295 g/mol. The van der Waals surface area contributed by atoms with Gasteiger partial charge in [0.05, 0.1) is 0 Å². The minimum absolute atomic E-state index is 0.0215. The molecule has 0 saturated heterocycles. The van der Waals surface area contributed by atoms with Gasteiger partial charge in [0.25, 0.3) is 0 Å². The first-order valence-corrected chi connectivity index (χ1v) is 7.51. The number of benzene rings is 3. The zero-order valence-electron chi connectivity index (χ0n) is 12.0. The van der Waals surface area contributed by atoms with E-state index in [1.54, 1.807) is 0 Å². The van der Waals surface area contributed by atoms with E-state index in [0.717, 1.165) is 22.6 Å². The van der Waals surface area contributed by atoms with Gasteiger partial charge in [0, 0.05) is 11.1 Å². The molecule has 0 aliphatic rings. The zero-order valence-corrected chi connectivity index (χ0v) is 12.8. The molecule has 0 amide bonds. The lowest BCUT2D eigenvalue weighted by molar-refractivity contribution is 0.725. The van der Waals surface area contributed by atoms with E-state index in [1.807, 2.05) is 19.1 Å². The Kier molecular flexibility index (Phi) is 3.96. The Morgan fingerprint density at radius 1 is 1.00 bits per heavy atom. The van der Waals surface area contributed by atoms with Crippen LogP contribution < -0.4 is 5.73 Å². The molecular formula is C19H18ClN. The maximum Gasteiger partial charge on any atom is 0.0435 e. The third-order valence-electron chi connectivity index (χ3n) is 3.93. The average molecular weight is 296 g/mol. The highest BCUT2D eigenvalue weighted by Gasteiger charge is 2.10. The molecule has 0 fully saturated rings. The second-order valence-corrected chi connectivity index (χ2v) is 5.86. The maximum absolute atomic E-state index is 6.39. The molecule has 0 aromatic heterocycles. The topological polar surface area (TPSA) is 26.0 Å². The third-order valence-corrected chi connectivity index (χ3v) is 4.35. The van der Waals surface area contributed by atoms with E-state index < -0.39 is 0 Å². The van der Waals surface area contributed by atoms with Crippen molar-refractivity contribution in [3.63, 3.8) is 0 Å². The Labute approximate surface area is 130 Å². The van der Waals surface area contributed by atoms with E-state index in [9.17, 15) is 0 Å². The predicted molar refractivity (Wildman–Crippen MR) is 90.8 cm³/mol. The standard InChI is InChI=1S/C19H18ClN/c1-13-11-16(9-10-18(13)20)19(21)12-15-7-4-6-14-5-2-3-8-17(14)15/h2-11,19H,12,21H2,1H3. The van der Waals surface area contributed by atoms with Crippen molar-refractivity contribution in [2.75, 3.05) is 0 Å². The van der Waals surface area contributed by atoms with Crippen LogP contribution in [0, 0.1) is 6.92 Å². The Bertz CT molecular complexity index is 774. The normalized spacial score (nSPS) is 12.5. The van der Waals surface area contributed by atoms with Gasteiger partial charge in [0.1, 0.15) is 0 Å². The molecule has 2 heteroatoms. The van der Waals surface area contributed by atoms with Crippen molar-refractivity contribution in [1.82, 2.24) is 0 Å². The van der Waals surface area contributed by atoms with Gasteiger partial charge in [-0.25, -0.2) is 0 Å². The summed E-state index contributed by atoms with van der Waals surface area (Å²) in [4.78, 5) is 0. The van der Waals surface area contributed by atoms with Crippen LogP contribution in [-0.4, -0.2) is 0 Å². The molecular weight excluding hydrogens is 278 g/mol. The van der Waals surface area contributed by atoms with Gasteiger partial charge in [-0.2, -0.15) is 0 Å². The fraction of sp³-hybridized carbons (Fsp3) is 0.158. The average Bonchev–Trinajstić information content (AvgIpc) is 2.50. The molecule has 0 aliphatic carbocycles. The molecule has 1 nitrogen and oxygen atoms in total. The van der Waals surface area contributed by atoms with Gasteiger partial charge in [-0.15, -0.1) is 0 Å². The van der Waals surface area contributed by atoms with Gasteiger partial charge in [0.15, 0.2) is 0 Å². The maximum atomic E-state index is 6.39. The highest BCUT2D eigenvalue weighted by Crippen LogP contribution is 2.25. The number of aryl methyl sites for hydroxylation is 1. The van der Waals surface area contributed by atoms with Crippen LogP contribution in [0.25, 0.3) is 10.8 Å². The summed E-state index contributed by atoms with van der Waals surface area (Å²) in [5, 5.41) is 3.33. The smallest absolute Gasteiger partial charge is 0.0435 e. The molecule has 1 atom stereocenters. The van der Waals surface area contributed by atoms with Crippen LogP contribution in [-0.2, 0) is 6.42 Å². The van der Waals surface area contributed by atoms with Crippen LogP contribution in [0.2, 0.25) is 5.02 Å². The number of hydrogen-bond acceptors (Lipinski definition) is 1. The fourth-order valence-corrected chi connectivity index (χ4v) is 2.84. The molecule has 0 spiro atoms. The van der Waals surface area contributed by atoms with Gasteiger partial charge < -0.3 is 5.73 Å². The lowest BCUT2D eigenvalue weighted by atomic mass is 9.95. The first kappa shape index (κ1) is 14.1. The highest BCUT2D eigenvalue weighted by atomic mass is 35.5. The number of hydrogen-bond donors (Lipinski definition) is 1. The van der Waals surface area contributed by atoms with Crippen LogP contribution in [0.4, 0.5) is 0 Å². The van der Waals surface area contributed by atoms with E-state index in [1.165, 1.54) is 16.3 Å². The van der Waals surface area contributed by atoms with Gasteiger partial charge in [-0.1, -0.05) is 66.2 Å². The lowest BCUT2D eigenvalue weighted by Crippen LogP contribution is -2.13. The van der Waals surface area contributed by atoms with Crippen molar-refractivity contribution in [2.24, 2.45) is 5.73 Å². The zero-order chi connectivity index (χ0) is 14.8. The molecule has 0 radical (unpaired) electrons. The molecule has 0 bridgehead atoms. The summed E-state index contributed by atoms with van der Waals surface area (Å²) in [5.41, 5.74) is 9.88. The first-order valence-electron chi connectivity index (χ1n) is 7.13. The Hall–Kier alpha value is -1.83. The molecule has 106 valence electrons. The summed E-state index contributed by atoms with van der Waals surface area (Å²) < 4.78 is 0. The quantitative estimate of drug-likeness (QED) is 0.719. The first-order chi connectivity index (χ1) is 10.1. The van der Waals surface area contributed by atoms with Crippen LogP contribution in [0.3, 0.4) is 0 Å². The Morgan fingerprint density at radius 2 is 1.76 bits per heavy atom. The third kappa shape index (κ3) is 2.94. The van der Waals surface area contributed by atoms with Crippen LogP contribution in [0.1, 0.15) is 22.7 Å². The van der Waals surface area contributed by atoms with Gasteiger partial charge in [0.2, 0.25) is 0 Å². The SMILES string of the molecule is Cc1cc(C(N)Cc2cccc3ccccc23)ccc1Cl. The molecule has 1 unspecified atom stereocenters. The molecule has 0 aliphatic heterocycles. The number of fused-ring (bicyclic) bond motifs is 1. The lowest BCUT2D eigenvalue weighted by Gasteiger charge is -2.15. The van der Waals surface area contributed by atoms with E-state index in [0.29, 0.717) is 0 Å². The van der Waals surface area contributed by atoms with Crippen LogP contribution in [0.15, 0.2) is 60.7 Å². The van der Waals surface area contributed by atoms with Crippen LogP contribution in [0.5, 0.6) is 0 Å². The summed E-state index contributed by atoms with van der Waals surface area (Å²) in [6.45, 7) is 2.01. The second kappa shape index (κ2) is 5.88. The minimum Gasteiger partial charge on any atom is -0.324 e.